The molecule has 0 unspecified atom stereocenters. The minimum atomic E-state index is -3.58. The normalized spacial score (nSPS) is 17.0. The number of aromatic nitrogens is 2. The predicted molar refractivity (Wildman–Crippen MR) is 105 cm³/mol. The molecule has 0 spiro atoms. The first-order chi connectivity index (χ1) is 13.1. The molecule has 27 heavy (non-hydrogen) atoms. The summed E-state index contributed by atoms with van der Waals surface area (Å²) < 4.78 is 28.1. The molecule has 0 atom stereocenters. The summed E-state index contributed by atoms with van der Waals surface area (Å²) in [6.07, 6.45) is 6.07. The summed E-state index contributed by atoms with van der Waals surface area (Å²) in [4.78, 5) is 11.0. The number of para-hydroxylation sites is 1. The van der Waals surface area contributed by atoms with Gasteiger partial charge in [0.25, 0.3) is 0 Å². The van der Waals surface area contributed by atoms with Crippen LogP contribution >= 0.6 is 0 Å². The molecule has 7 heteroatoms. The van der Waals surface area contributed by atoms with Gasteiger partial charge in [0.05, 0.1) is 5.52 Å². The molecule has 4 rings (SSSR count). The Morgan fingerprint density at radius 1 is 0.926 bits per heavy atom. The maximum absolute atomic E-state index is 13.3. The van der Waals surface area contributed by atoms with Crippen molar-refractivity contribution in [3.05, 3.63) is 66.6 Å². The molecule has 2 aromatic heterocycles. The van der Waals surface area contributed by atoms with Crippen LogP contribution in [0.4, 0.5) is 0 Å². The molecule has 0 saturated carbocycles. The second kappa shape index (κ2) is 7.72. The lowest BCUT2D eigenvalue weighted by Crippen LogP contribution is -2.35. The number of nitrogens with zero attached hydrogens (tertiary/aromatic N) is 4. The van der Waals surface area contributed by atoms with Gasteiger partial charge >= 0.3 is 0 Å². The molecule has 0 aliphatic carbocycles. The van der Waals surface area contributed by atoms with Gasteiger partial charge in [-0.05, 0) is 36.7 Å². The molecule has 0 N–H and O–H groups in total. The summed E-state index contributed by atoms with van der Waals surface area (Å²) in [6.45, 7) is 3.36. The van der Waals surface area contributed by atoms with Crippen LogP contribution in [0.2, 0.25) is 0 Å². The molecule has 0 amide bonds. The Kier molecular flexibility index (Phi) is 5.15. The van der Waals surface area contributed by atoms with Crippen LogP contribution in [0.1, 0.15) is 12.0 Å². The third-order valence-electron chi connectivity index (χ3n) is 4.89. The van der Waals surface area contributed by atoms with Crippen LogP contribution in [-0.4, -0.2) is 53.8 Å². The van der Waals surface area contributed by atoms with Gasteiger partial charge in [0.15, 0.2) is 0 Å². The maximum Gasteiger partial charge on any atom is 0.245 e. The summed E-state index contributed by atoms with van der Waals surface area (Å²) in [5.74, 6) is 0. The monoisotopic (exact) mass is 382 g/mol. The van der Waals surface area contributed by atoms with Crippen molar-refractivity contribution in [1.29, 1.82) is 0 Å². The Labute approximate surface area is 159 Å². The van der Waals surface area contributed by atoms with Gasteiger partial charge in [0, 0.05) is 50.2 Å². The van der Waals surface area contributed by atoms with Crippen LogP contribution in [0.25, 0.3) is 10.9 Å². The fraction of sp³-hybridized carbons (Fsp3) is 0.300. The first kappa shape index (κ1) is 18.0. The van der Waals surface area contributed by atoms with Gasteiger partial charge in [0.2, 0.25) is 10.0 Å². The predicted octanol–water partition coefficient (Wildman–Crippen LogP) is 2.53. The van der Waals surface area contributed by atoms with Crippen molar-refractivity contribution in [3.8, 4) is 0 Å². The van der Waals surface area contributed by atoms with E-state index in [0.29, 0.717) is 30.0 Å². The Hall–Kier alpha value is -2.35. The highest BCUT2D eigenvalue weighted by molar-refractivity contribution is 7.89. The van der Waals surface area contributed by atoms with Crippen molar-refractivity contribution in [3.63, 3.8) is 0 Å². The van der Waals surface area contributed by atoms with E-state index in [4.69, 9.17) is 0 Å². The molecule has 1 aliphatic rings. The van der Waals surface area contributed by atoms with Gasteiger partial charge in [0.1, 0.15) is 4.90 Å². The molecule has 1 aromatic carbocycles. The van der Waals surface area contributed by atoms with Gasteiger partial charge in [-0.15, -0.1) is 0 Å². The van der Waals surface area contributed by atoms with Crippen LogP contribution in [0.5, 0.6) is 0 Å². The number of rotatable bonds is 4. The Morgan fingerprint density at radius 2 is 1.78 bits per heavy atom. The third-order valence-corrected chi connectivity index (χ3v) is 6.82. The number of fused-ring (bicyclic) bond motifs is 1. The van der Waals surface area contributed by atoms with Crippen LogP contribution < -0.4 is 0 Å². The largest absolute Gasteiger partial charge is 0.298 e. The van der Waals surface area contributed by atoms with Crippen LogP contribution in [0.3, 0.4) is 0 Å². The average Bonchev–Trinajstić information content (AvgIpc) is 2.94. The first-order valence-corrected chi connectivity index (χ1v) is 10.5. The van der Waals surface area contributed by atoms with Crippen molar-refractivity contribution >= 4 is 20.9 Å². The van der Waals surface area contributed by atoms with Gasteiger partial charge in [-0.2, -0.15) is 4.31 Å². The highest BCUT2D eigenvalue weighted by atomic mass is 32.2. The van der Waals surface area contributed by atoms with Crippen molar-refractivity contribution < 1.29 is 8.42 Å². The number of pyridine rings is 2. The van der Waals surface area contributed by atoms with Crippen LogP contribution in [0.15, 0.2) is 66.0 Å². The van der Waals surface area contributed by atoms with E-state index >= 15 is 0 Å². The van der Waals surface area contributed by atoms with E-state index in [1.54, 1.807) is 28.8 Å². The van der Waals surface area contributed by atoms with Crippen molar-refractivity contribution in [2.24, 2.45) is 0 Å². The van der Waals surface area contributed by atoms with Crippen LogP contribution in [-0.2, 0) is 16.6 Å². The smallest absolute Gasteiger partial charge is 0.245 e. The van der Waals surface area contributed by atoms with Gasteiger partial charge < -0.3 is 0 Å². The molecule has 3 aromatic rings. The van der Waals surface area contributed by atoms with Gasteiger partial charge in [-0.3, -0.25) is 14.9 Å². The summed E-state index contributed by atoms with van der Waals surface area (Å²) in [7, 11) is -3.58. The number of benzene rings is 1. The maximum atomic E-state index is 13.3. The molecule has 1 aliphatic heterocycles. The second-order valence-corrected chi connectivity index (χ2v) is 8.63. The minimum absolute atomic E-state index is 0.293. The van der Waals surface area contributed by atoms with Crippen molar-refractivity contribution in [1.82, 2.24) is 19.2 Å². The van der Waals surface area contributed by atoms with E-state index in [9.17, 15) is 8.42 Å². The van der Waals surface area contributed by atoms with Crippen molar-refractivity contribution in [2.75, 3.05) is 26.2 Å². The summed E-state index contributed by atoms with van der Waals surface area (Å²) in [5.41, 5.74) is 1.68. The molecule has 0 radical (unpaired) electrons. The van der Waals surface area contributed by atoms with Crippen LogP contribution in [0, 0.1) is 0 Å². The molecule has 3 heterocycles. The molecular formula is C20H22N4O2S. The fourth-order valence-electron chi connectivity index (χ4n) is 3.52. The topological polar surface area (TPSA) is 66.4 Å². The fourth-order valence-corrected chi connectivity index (χ4v) is 5.15. The zero-order valence-electron chi connectivity index (χ0n) is 15.0. The molecular weight excluding hydrogens is 360 g/mol. The lowest BCUT2D eigenvalue weighted by Gasteiger charge is -2.22. The Balaban J connectivity index is 1.54. The SMILES string of the molecule is O=S(=O)(c1cccc2cccnc12)N1CCCN(Cc2cccnc2)CC1. The second-order valence-electron chi connectivity index (χ2n) is 6.73. The standard InChI is InChI=1S/C20H22N4O2S/c25-27(26,19-8-1-6-18-7-3-10-22-20(18)19)24-12-4-11-23(13-14-24)16-17-5-2-9-21-15-17/h1-3,5-10,15H,4,11-14,16H2. The van der Waals surface area contributed by atoms with E-state index in [1.807, 2.05) is 36.5 Å². The highest BCUT2D eigenvalue weighted by Gasteiger charge is 2.28. The molecule has 140 valence electrons. The summed E-state index contributed by atoms with van der Waals surface area (Å²) in [5, 5.41) is 0.839. The zero-order valence-corrected chi connectivity index (χ0v) is 15.8. The Morgan fingerprint density at radius 3 is 2.63 bits per heavy atom. The summed E-state index contributed by atoms with van der Waals surface area (Å²) in [6, 6.07) is 13.0. The van der Waals surface area contributed by atoms with Gasteiger partial charge in [-0.1, -0.05) is 24.3 Å². The zero-order chi connectivity index (χ0) is 18.7. The lowest BCUT2D eigenvalue weighted by atomic mass is 10.2. The Bertz CT molecular complexity index is 1020. The van der Waals surface area contributed by atoms with Gasteiger partial charge in [-0.25, -0.2) is 8.42 Å². The van der Waals surface area contributed by atoms with E-state index in [1.165, 1.54) is 0 Å². The summed E-state index contributed by atoms with van der Waals surface area (Å²) >= 11 is 0. The quantitative estimate of drug-likeness (QED) is 0.694. The molecule has 6 nitrogen and oxygen atoms in total. The van der Waals surface area contributed by atoms with E-state index < -0.39 is 10.0 Å². The molecule has 0 bridgehead atoms. The van der Waals surface area contributed by atoms with E-state index in [-0.39, 0.29) is 0 Å². The minimum Gasteiger partial charge on any atom is -0.298 e. The third kappa shape index (κ3) is 3.85. The first-order valence-electron chi connectivity index (χ1n) is 9.10. The molecule has 1 fully saturated rings. The number of hydrogen-bond donors (Lipinski definition) is 0. The van der Waals surface area contributed by atoms with E-state index in [0.717, 1.165) is 30.5 Å². The average molecular weight is 382 g/mol. The highest BCUT2D eigenvalue weighted by Crippen LogP contribution is 2.25. The molecule has 1 saturated heterocycles. The number of sulfonamides is 1. The van der Waals surface area contributed by atoms with Crippen molar-refractivity contribution in [2.45, 2.75) is 17.9 Å². The number of hydrogen-bond acceptors (Lipinski definition) is 5. The van der Waals surface area contributed by atoms with E-state index in [2.05, 4.69) is 14.9 Å². The lowest BCUT2D eigenvalue weighted by molar-refractivity contribution is 0.278.